The van der Waals surface area contributed by atoms with E-state index >= 15 is 0 Å². The standard InChI is InChI=1S/C12H15N5O2.ClH/c1-18-9-6-8(14-7-15-9)10-16-11(19-17-10)12(13)4-2-3-5-12;/h6-7H,2-5,13H2,1H3;1H. The molecule has 1 aliphatic carbocycles. The highest BCUT2D eigenvalue weighted by molar-refractivity contribution is 5.85. The molecule has 2 aromatic rings. The Bertz CT molecular complexity index is 583. The van der Waals surface area contributed by atoms with Gasteiger partial charge in [0, 0.05) is 6.07 Å². The van der Waals surface area contributed by atoms with Gasteiger partial charge in [-0.1, -0.05) is 18.0 Å². The Hall–Kier alpha value is -1.73. The van der Waals surface area contributed by atoms with Gasteiger partial charge in [0.2, 0.25) is 17.6 Å². The molecule has 1 saturated carbocycles. The maximum atomic E-state index is 6.27. The van der Waals surface area contributed by atoms with Crippen LogP contribution in [0.4, 0.5) is 0 Å². The second-order valence-corrected chi connectivity index (χ2v) is 4.73. The lowest BCUT2D eigenvalue weighted by Crippen LogP contribution is -2.33. The molecule has 2 heterocycles. The van der Waals surface area contributed by atoms with Gasteiger partial charge in [-0.3, -0.25) is 0 Å². The summed E-state index contributed by atoms with van der Waals surface area (Å²) in [6.07, 6.45) is 5.34. The molecule has 7 nitrogen and oxygen atoms in total. The van der Waals surface area contributed by atoms with Gasteiger partial charge in [-0.05, 0) is 12.8 Å². The van der Waals surface area contributed by atoms with E-state index < -0.39 is 5.54 Å². The summed E-state index contributed by atoms with van der Waals surface area (Å²) in [5.41, 5.74) is 6.35. The first-order valence-corrected chi connectivity index (χ1v) is 6.21. The average Bonchev–Trinajstić information content (AvgIpc) is 3.08. The molecule has 0 unspecified atom stereocenters. The highest BCUT2D eigenvalue weighted by Crippen LogP contribution is 2.35. The smallest absolute Gasteiger partial charge is 0.247 e. The molecule has 0 spiro atoms. The van der Waals surface area contributed by atoms with E-state index in [1.54, 1.807) is 13.2 Å². The molecule has 2 aromatic heterocycles. The molecule has 108 valence electrons. The van der Waals surface area contributed by atoms with Gasteiger partial charge in [-0.25, -0.2) is 9.97 Å². The lowest BCUT2D eigenvalue weighted by atomic mass is 9.99. The van der Waals surface area contributed by atoms with Crippen LogP contribution >= 0.6 is 12.4 Å². The number of aromatic nitrogens is 4. The van der Waals surface area contributed by atoms with Crippen molar-refractivity contribution in [3.8, 4) is 17.4 Å². The predicted molar refractivity (Wildman–Crippen MR) is 73.5 cm³/mol. The average molecular weight is 298 g/mol. The van der Waals surface area contributed by atoms with Crippen molar-refractivity contribution in [2.75, 3.05) is 7.11 Å². The van der Waals surface area contributed by atoms with E-state index in [4.69, 9.17) is 15.0 Å². The van der Waals surface area contributed by atoms with E-state index in [0.29, 0.717) is 23.3 Å². The van der Waals surface area contributed by atoms with Crippen molar-refractivity contribution >= 4 is 12.4 Å². The highest BCUT2D eigenvalue weighted by Gasteiger charge is 2.37. The number of hydrogen-bond donors (Lipinski definition) is 1. The Kier molecular flexibility index (Phi) is 4.20. The zero-order chi connectivity index (χ0) is 13.3. The quantitative estimate of drug-likeness (QED) is 0.920. The molecule has 0 aliphatic heterocycles. The number of hydrogen-bond acceptors (Lipinski definition) is 7. The van der Waals surface area contributed by atoms with Crippen LogP contribution in [0.2, 0.25) is 0 Å². The molecule has 2 N–H and O–H groups in total. The maximum Gasteiger partial charge on any atom is 0.247 e. The lowest BCUT2D eigenvalue weighted by Gasteiger charge is -2.17. The van der Waals surface area contributed by atoms with Gasteiger partial charge in [-0.2, -0.15) is 4.98 Å². The van der Waals surface area contributed by atoms with Crippen LogP contribution < -0.4 is 10.5 Å². The molecular formula is C12H16ClN5O2. The van der Waals surface area contributed by atoms with E-state index in [2.05, 4.69) is 20.1 Å². The number of methoxy groups -OCH3 is 1. The number of nitrogens with zero attached hydrogens (tertiary/aromatic N) is 4. The number of ether oxygens (including phenoxy) is 1. The van der Waals surface area contributed by atoms with Crippen molar-refractivity contribution in [3.63, 3.8) is 0 Å². The first-order valence-electron chi connectivity index (χ1n) is 6.21. The lowest BCUT2D eigenvalue weighted by molar-refractivity contribution is 0.285. The molecule has 20 heavy (non-hydrogen) atoms. The highest BCUT2D eigenvalue weighted by atomic mass is 35.5. The minimum atomic E-state index is -0.484. The first-order chi connectivity index (χ1) is 9.21. The second kappa shape index (κ2) is 5.72. The number of halogens is 1. The van der Waals surface area contributed by atoms with E-state index in [9.17, 15) is 0 Å². The second-order valence-electron chi connectivity index (χ2n) is 4.73. The van der Waals surface area contributed by atoms with Gasteiger partial charge in [0.1, 0.15) is 12.0 Å². The van der Waals surface area contributed by atoms with Gasteiger partial charge >= 0.3 is 0 Å². The summed E-state index contributed by atoms with van der Waals surface area (Å²) in [7, 11) is 1.54. The van der Waals surface area contributed by atoms with Crippen LogP contribution in [0.5, 0.6) is 5.88 Å². The molecule has 3 rings (SSSR count). The summed E-state index contributed by atoms with van der Waals surface area (Å²) in [5, 5.41) is 3.94. The van der Waals surface area contributed by atoms with Crippen molar-refractivity contribution in [1.29, 1.82) is 0 Å². The van der Waals surface area contributed by atoms with E-state index in [0.717, 1.165) is 25.7 Å². The van der Waals surface area contributed by atoms with Crippen LogP contribution in [-0.4, -0.2) is 27.2 Å². The monoisotopic (exact) mass is 297 g/mol. The topological polar surface area (TPSA) is 100.0 Å². The van der Waals surface area contributed by atoms with Crippen molar-refractivity contribution in [3.05, 3.63) is 18.3 Å². The fourth-order valence-electron chi connectivity index (χ4n) is 2.32. The van der Waals surface area contributed by atoms with Crippen LogP contribution in [0.15, 0.2) is 16.9 Å². The summed E-state index contributed by atoms with van der Waals surface area (Å²) in [5.74, 6) is 1.35. The Morgan fingerprint density at radius 1 is 1.30 bits per heavy atom. The number of rotatable bonds is 3. The van der Waals surface area contributed by atoms with Crippen LogP contribution in [-0.2, 0) is 5.54 Å². The largest absolute Gasteiger partial charge is 0.481 e. The molecule has 8 heteroatoms. The SMILES string of the molecule is COc1cc(-c2noc(C3(N)CCCC3)n2)ncn1.Cl. The normalized spacial score (nSPS) is 16.7. The van der Waals surface area contributed by atoms with Crippen molar-refractivity contribution < 1.29 is 9.26 Å². The van der Waals surface area contributed by atoms with E-state index in [-0.39, 0.29) is 12.4 Å². The minimum absolute atomic E-state index is 0. The Morgan fingerprint density at radius 2 is 2.05 bits per heavy atom. The zero-order valence-electron chi connectivity index (χ0n) is 11.1. The van der Waals surface area contributed by atoms with Crippen molar-refractivity contribution in [1.82, 2.24) is 20.1 Å². The minimum Gasteiger partial charge on any atom is -0.481 e. The third kappa shape index (κ3) is 2.59. The molecule has 1 aliphatic rings. The molecule has 0 saturated heterocycles. The van der Waals surface area contributed by atoms with Gasteiger partial charge in [-0.15, -0.1) is 12.4 Å². The fraction of sp³-hybridized carbons (Fsp3) is 0.500. The van der Waals surface area contributed by atoms with Crippen LogP contribution in [0.1, 0.15) is 31.6 Å². The molecule has 0 atom stereocenters. The zero-order valence-corrected chi connectivity index (χ0v) is 11.9. The summed E-state index contributed by atoms with van der Waals surface area (Å²) in [6.45, 7) is 0. The van der Waals surface area contributed by atoms with Crippen LogP contribution in [0.3, 0.4) is 0 Å². The van der Waals surface area contributed by atoms with Gasteiger partial charge in [0.25, 0.3) is 0 Å². The third-order valence-corrected chi connectivity index (χ3v) is 3.43. The first kappa shape index (κ1) is 14.7. The fourth-order valence-corrected chi connectivity index (χ4v) is 2.32. The van der Waals surface area contributed by atoms with Crippen molar-refractivity contribution in [2.24, 2.45) is 5.73 Å². The van der Waals surface area contributed by atoms with Gasteiger partial charge in [0.15, 0.2) is 0 Å². The number of nitrogens with two attached hydrogens (primary N) is 1. The summed E-state index contributed by atoms with van der Waals surface area (Å²) in [4.78, 5) is 12.4. The van der Waals surface area contributed by atoms with Crippen LogP contribution in [0, 0.1) is 0 Å². The Labute approximate surface area is 122 Å². The third-order valence-electron chi connectivity index (χ3n) is 3.43. The van der Waals surface area contributed by atoms with Gasteiger partial charge in [0.05, 0.1) is 12.6 Å². The summed E-state index contributed by atoms with van der Waals surface area (Å²) < 4.78 is 10.3. The Balaban J connectivity index is 0.00000147. The molecular weight excluding hydrogens is 282 g/mol. The van der Waals surface area contributed by atoms with E-state index in [1.165, 1.54) is 6.33 Å². The summed E-state index contributed by atoms with van der Waals surface area (Å²) in [6, 6.07) is 1.66. The van der Waals surface area contributed by atoms with Gasteiger partial charge < -0.3 is 15.0 Å². The molecule has 0 aromatic carbocycles. The maximum absolute atomic E-state index is 6.27. The Morgan fingerprint density at radius 3 is 2.75 bits per heavy atom. The molecule has 0 radical (unpaired) electrons. The summed E-state index contributed by atoms with van der Waals surface area (Å²) >= 11 is 0. The molecule has 0 bridgehead atoms. The molecule has 0 amide bonds. The predicted octanol–water partition coefficient (Wildman–Crippen LogP) is 1.68. The van der Waals surface area contributed by atoms with Crippen LogP contribution in [0.25, 0.3) is 11.5 Å². The van der Waals surface area contributed by atoms with E-state index in [1.807, 2.05) is 0 Å². The van der Waals surface area contributed by atoms with Crippen molar-refractivity contribution in [2.45, 2.75) is 31.2 Å². The molecule has 1 fully saturated rings.